The van der Waals surface area contributed by atoms with Crippen molar-refractivity contribution in [2.45, 2.75) is 25.4 Å². The van der Waals surface area contributed by atoms with Gasteiger partial charge in [0.2, 0.25) is 0 Å². The van der Waals surface area contributed by atoms with Crippen LogP contribution < -0.4 is 15.4 Å². The first-order valence-corrected chi connectivity index (χ1v) is 7.49. The van der Waals surface area contributed by atoms with Gasteiger partial charge in [0.25, 0.3) is 5.91 Å². The lowest BCUT2D eigenvalue weighted by Gasteiger charge is -2.34. The standard InChI is InChI=1S/C15H21ClN2O3.ClH/c1-3-21-13-5-4-11(10-12(13)16)18-14(19)15(20-2)6-8-17-9-7-15;/h4-5,10,17H,3,6-9H2,1-2H3,(H,18,19);1H. The molecule has 2 N–H and O–H groups in total. The maximum atomic E-state index is 12.5. The molecule has 5 nitrogen and oxygen atoms in total. The second-order valence-electron chi connectivity index (χ2n) is 4.98. The highest BCUT2D eigenvalue weighted by molar-refractivity contribution is 6.32. The van der Waals surface area contributed by atoms with Gasteiger partial charge in [0.05, 0.1) is 11.6 Å². The summed E-state index contributed by atoms with van der Waals surface area (Å²) in [7, 11) is 1.58. The Morgan fingerprint density at radius 2 is 2.09 bits per heavy atom. The number of methoxy groups -OCH3 is 1. The molecule has 2 rings (SSSR count). The maximum Gasteiger partial charge on any atom is 0.256 e. The number of hydrogen-bond acceptors (Lipinski definition) is 4. The highest BCUT2D eigenvalue weighted by Crippen LogP contribution is 2.29. The number of anilines is 1. The summed E-state index contributed by atoms with van der Waals surface area (Å²) < 4.78 is 10.9. The number of piperidine rings is 1. The van der Waals surface area contributed by atoms with Gasteiger partial charge in [-0.25, -0.2) is 0 Å². The number of benzene rings is 1. The Bertz CT molecular complexity index is 506. The van der Waals surface area contributed by atoms with Crippen molar-refractivity contribution < 1.29 is 14.3 Å². The van der Waals surface area contributed by atoms with Crippen LogP contribution >= 0.6 is 24.0 Å². The first kappa shape index (κ1) is 19.0. The van der Waals surface area contributed by atoms with E-state index in [0.717, 1.165) is 13.1 Å². The molecule has 0 unspecified atom stereocenters. The Hall–Kier alpha value is -1.01. The molecule has 7 heteroatoms. The van der Waals surface area contributed by atoms with E-state index in [2.05, 4.69) is 10.6 Å². The number of amides is 1. The molecule has 0 aromatic heterocycles. The van der Waals surface area contributed by atoms with Crippen molar-refractivity contribution in [1.29, 1.82) is 0 Å². The molecule has 1 fully saturated rings. The van der Waals surface area contributed by atoms with E-state index in [4.69, 9.17) is 21.1 Å². The van der Waals surface area contributed by atoms with E-state index in [1.807, 2.05) is 6.92 Å². The average molecular weight is 349 g/mol. The molecule has 1 amide bonds. The van der Waals surface area contributed by atoms with Crippen LogP contribution in [0.5, 0.6) is 5.75 Å². The van der Waals surface area contributed by atoms with Crippen LogP contribution in [-0.2, 0) is 9.53 Å². The fraction of sp³-hybridized carbons (Fsp3) is 0.533. The van der Waals surface area contributed by atoms with Gasteiger partial charge in [-0.1, -0.05) is 11.6 Å². The van der Waals surface area contributed by atoms with Crippen LogP contribution in [0.4, 0.5) is 5.69 Å². The first-order valence-electron chi connectivity index (χ1n) is 7.11. The number of halogens is 2. The minimum absolute atomic E-state index is 0. The fourth-order valence-corrected chi connectivity index (χ4v) is 2.69. The van der Waals surface area contributed by atoms with Gasteiger partial charge < -0.3 is 20.1 Å². The minimum atomic E-state index is -0.768. The molecule has 124 valence electrons. The van der Waals surface area contributed by atoms with E-state index < -0.39 is 5.60 Å². The van der Waals surface area contributed by atoms with E-state index in [1.54, 1.807) is 25.3 Å². The third kappa shape index (κ3) is 4.26. The number of ether oxygens (including phenoxy) is 2. The van der Waals surface area contributed by atoms with Gasteiger partial charge in [-0.3, -0.25) is 4.79 Å². The first-order chi connectivity index (χ1) is 10.1. The Balaban J connectivity index is 0.00000242. The van der Waals surface area contributed by atoms with Crippen molar-refractivity contribution in [2.24, 2.45) is 0 Å². The number of carbonyl (C=O) groups is 1. The quantitative estimate of drug-likeness (QED) is 0.858. The molecule has 1 aliphatic rings. The molecule has 0 aliphatic carbocycles. The minimum Gasteiger partial charge on any atom is -0.492 e. The third-order valence-corrected chi connectivity index (χ3v) is 4.00. The molecule has 0 radical (unpaired) electrons. The van der Waals surface area contributed by atoms with Crippen molar-refractivity contribution in [3.05, 3.63) is 23.2 Å². The van der Waals surface area contributed by atoms with Crippen molar-refractivity contribution in [1.82, 2.24) is 5.32 Å². The van der Waals surface area contributed by atoms with Crippen LogP contribution in [-0.4, -0.2) is 38.3 Å². The van der Waals surface area contributed by atoms with Crippen LogP contribution in [0.15, 0.2) is 18.2 Å². The highest BCUT2D eigenvalue weighted by atomic mass is 35.5. The largest absolute Gasteiger partial charge is 0.492 e. The summed E-state index contributed by atoms with van der Waals surface area (Å²) in [5.41, 5.74) is -0.125. The number of carbonyl (C=O) groups excluding carboxylic acids is 1. The second kappa shape index (κ2) is 8.58. The van der Waals surface area contributed by atoms with Crippen molar-refractivity contribution in [3.63, 3.8) is 0 Å². The zero-order valence-corrected chi connectivity index (χ0v) is 14.4. The molecule has 0 atom stereocenters. The molecule has 1 aromatic carbocycles. The normalized spacial score (nSPS) is 16.5. The van der Waals surface area contributed by atoms with Gasteiger partial charge >= 0.3 is 0 Å². The lowest BCUT2D eigenvalue weighted by molar-refractivity contribution is -0.140. The number of rotatable bonds is 5. The summed E-state index contributed by atoms with van der Waals surface area (Å²) in [5, 5.41) is 6.59. The molecule has 1 aliphatic heterocycles. The maximum absolute atomic E-state index is 12.5. The van der Waals surface area contributed by atoms with Crippen LogP contribution in [0.3, 0.4) is 0 Å². The zero-order chi connectivity index (χ0) is 15.3. The van der Waals surface area contributed by atoms with E-state index in [1.165, 1.54) is 0 Å². The average Bonchev–Trinajstić information content (AvgIpc) is 2.50. The van der Waals surface area contributed by atoms with Gasteiger partial charge in [0.1, 0.15) is 11.4 Å². The molecular formula is C15H22Cl2N2O3. The van der Waals surface area contributed by atoms with Gasteiger partial charge in [-0.05, 0) is 51.1 Å². The van der Waals surface area contributed by atoms with Gasteiger partial charge in [-0.15, -0.1) is 12.4 Å². The molecule has 0 bridgehead atoms. The Morgan fingerprint density at radius 1 is 1.41 bits per heavy atom. The Labute approximate surface area is 142 Å². The molecule has 0 spiro atoms. The highest BCUT2D eigenvalue weighted by Gasteiger charge is 2.39. The summed E-state index contributed by atoms with van der Waals surface area (Å²) in [6.45, 7) is 3.98. The van der Waals surface area contributed by atoms with Crippen molar-refractivity contribution in [3.8, 4) is 5.75 Å². The van der Waals surface area contributed by atoms with Gasteiger partial charge in [0, 0.05) is 12.8 Å². The molecule has 1 aromatic rings. The number of nitrogens with one attached hydrogen (secondary N) is 2. The number of hydrogen-bond donors (Lipinski definition) is 2. The van der Waals surface area contributed by atoms with Crippen LogP contribution in [0.25, 0.3) is 0 Å². The lowest BCUT2D eigenvalue weighted by atomic mass is 9.91. The zero-order valence-electron chi connectivity index (χ0n) is 12.8. The summed E-state index contributed by atoms with van der Waals surface area (Å²) in [4.78, 5) is 12.5. The third-order valence-electron chi connectivity index (χ3n) is 3.71. The van der Waals surface area contributed by atoms with Crippen LogP contribution in [0.1, 0.15) is 19.8 Å². The summed E-state index contributed by atoms with van der Waals surface area (Å²) in [6, 6.07) is 5.22. The second-order valence-corrected chi connectivity index (χ2v) is 5.39. The molecule has 1 heterocycles. The Kier molecular flexibility index (Phi) is 7.42. The predicted molar refractivity (Wildman–Crippen MR) is 90.3 cm³/mol. The van der Waals surface area contributed by atoms with Gasteiger partial charge in [-0.2, -0.15) is 0 Å². The predicted octanol–water partition coefficient (Wildman–Crippen LogP) is 2.87. The summed E-state index contributed by atoms with van der Waals surface area (Å²) in [6.07, 6.45) is 1.31. The SMILES string of the molecule is CCOc1ccc(NC(=O)C2(OC)CCNCC2)cc1Cl.Cl. The fourth-order valence-electron chi connectivity index (χ4n) is 2.45. The van der Waals surface area contributed by atoms with E-state index in [-0.39, 0.29) is 18.3 Å². The van der Waals surface area contributed by atoms with Crippen molar-refractivity contribution >= 4 is 35.6 Å². The Morgan fingerprint density at radius 3 is 2.64 bits per heavy atom. The van der Waals surface area contributed by atoms with Crippen LogP contribution in [0, 0.1) is 0 Å². The molecule has 0 saturated carbocycles. The summed E-state index contributed by atoms with van der Waals surface area (Å²) in [5.74, 6) is 0.479. The molecule has 22 heavy (non-hydrogen) atoms. The topological polar surface area (TPSA) is 59.6 Å². The van der Waals surface area contributed by atoms with Crippen LogP contribution in [0.2, 0.25) is 5.02 Å². The summed E-state index contributed by atoms with van der Waals surface area (Å²) >= 11 is 6.13. The molecule has 1 saturated heterocycles. The lowest BCUT2D eigenvalue weighted by Crippen LogP contribution is -2.51. The van der Waals surface area contributed by atoms with E-state index in [0.29, 0.717) is 35.9 Å². The van der Waals surface area contributed by atoms with Gasteiger partial charge in [0.15, 0.2) is 0 Å². The monoisotopic (exact) mass is 348 g/mol. The van der Waals surface area contributed by atoms with Crippen molar-refractivity contribution in [2.75, 3.05) is 32.1 Å². The van der Waals surface area contributed by atoms with E-state index >= 15 is 0 Å². The molecular weight excluding hydrogens is 327 g/mol. The van der Waals surface area contributed by atoms with E-state index in [9.17, 15) is 4.79 Å². The smallest absolute Gasteiger partial charge is 0.256 e.